The lowest BCUT2D eigenvalue weighted by molar-refractivity contribution is -0.118. The maximum absolute atomic E-state index is 13.5. The van der Waals surface area contributed by atoms with Crippen LogP contribution >= 0.6 is 22.9 Å². The van der Waals surface area contributed by atoms with E-state index in [1.165, 1.54) is 18.2 Å². The predicted octanol–water partition coefficient (Wildman–Crippen LogP) is 5.78. The summed E-state index contributed by atoms with van der Waals surface area (Å²) in [6, 6.07) is 12.1. The summed E-state index contributed by atoms with van der Waals surface area (Å²) in [6.07, 6.45) is 0. The van der Waals surface area contributed by atoms with Gasteiger partial charge in [-0.1, -0.05) is 11.6 Å². The van der Waals surface area contributed by atoms with Crippen molar-refractivity contribution >= 4 is 50.5 Å². The zero-order valence-electron chi connectivity index (χ0n) is 16.6. The van der Waals surface area contributed by atoms with Crippen molar-refractivity contribution < 1.29 is 23.1 Å². The molecule has 162 valence electrons. The second kappa shape index (κ2) is 9.02. The molecule has 0 unspecified atom stereocenters. The van der Waals surface area contributed by atoms with Gasteiger partial charge in [-0.3, -0.25) is 9.59 Å². The number of aromatic nitrogens is 1. The van der Waals surface area contributed by atoms with E-state index in [0.717, 1.165) is 27.4 Å². The SMILES string of the molecule is Cc1nc2cc(NC(=O)COc3ccc(Cl)cc3C(=O)c3cc(F)cc(F)c3)ccc2s1. The van der Waals surface area contributed by atoms with Gasteiger partial charge in [0.1, 0.15) is 17.4 Å². The first-order valence-electron chi connectivity index (χ1n) is 9.39. The summed E-state index contributed by atoms with van der Waals surface area (Å²) in [5.74, 6) is -2.86. The summed E-state index contributed by atoms with van der Waals surface area (Å²) in [4.78, 5) is 29.6. The lowest BCUT2D eigenvalue weighted by atomic mass is 10.0. The summed E-state index contributed by atoms with van der Waals surface area (Å²) >= 11 is 7.54. The zero-order valence-corrected chi connectivity index (χ0v) is 18.2. The molecule has 1 aromatic heterocycles. The molecule has 1 N–H and O–H groups in total. The number of nitrogens with zero attached hydrogens (tertiary/aromatic N) is 1. The van der Waals surface area contributed by atoms with E-state index in [-0.39, 0.29) is 21.9 Å². The normalized spacial score (nSPS) is 10.9. The molecule has 0 saturated heterocycles. The number of nitrogens with one attached hydrogen (secondary N) is 1. The first-order valence-corrected chi connectivity index (χ1v) is 10.6. The van der Waals surface area contributed by atoms with Gasteiger partial charge in [0.25, 0.3) is 5.91 Å². The molecule has 0 aliphatic carbocycles. The van der Waals surface area contributed by atoms with Gasteiger partial charge < -0.3 is 10.1 Å². The van der Waals surface area contributed by atoms with Gasteiger partial charge in [0, 0.05) is 22.3 Å². The number of carbonyl (C=O) groups excluding carboxylic acids is 2. The van der Waals surface area contributed by atoms with Gasteiger partial charge in [-0.2, -0.15) is 0 Å². The summed E-state index contributed by atoms with van der Waals surface area (Å²) in [6.45, 7) is 1.51. The molecule has 4 aromatic rings. The van der Waals surface area contributed by atoms with E-state index in [1.807, 2.05) is 13.0 Å². The zero-order chi connectivity index (χ0) is 22.8. The van der Waals surface area contributed by atoms with Crippen LogP contribution in [-0.4, -0.2) is 23.3 Å². The Morgan fingerprint density at radius 3 is 2.56 bits per heavy atom. The molecule has 5 nitrogen and oxygen atoms in total. The second-order valence-corrected chi connectivity index (χ2v) is 8.55. The molecular formula is C23H15ClF2N2O3S. The highest BCUT2D eigenvalue weighted by Gasteiger charge is 2.18. The number of carbonyl (C=O) groups is 2. The van der Waals surface area contributed by atoms with Gasteiger partial charge >= 0.3 is 0 Å². The highest BCUT2D eigenvalue weighted by atomic mass is 35.5. The number of thiazole rings is 1. The average Bonchev–Trinajstić information content (AvgIpc) is 3.11. The predicted molar refractivity (Wildman–Crippen MR) is 120 cm³/mol. The number of ether oxygens (including phenoxy) is 1. The number of hydrogen-bond donors (Lipinski definition) is 1. The van der Waals surface area contributed by atoms with E-state index in [9.17, 15) is 18.4 Å². The van der Waals surface area contributed by atoms with Crippen LogP contribution in [0.15, 0.2) is 54.6 Å². The van der Waals surface area contributed by atoms with Gasteiger partial charge in [0.2, 0.25) is 0 Å². The van der Waals surface area contributed by atoms with Crippen molar-refractivity contribution in [2.45, 2.75) is 6.92 Å². The molecule has 1 amide bonds. The Labute approximate surface area is 190 Å². The van der Waals surface area contributed by atoms with Crippen LogP contribution in [0.1, 0.15) is 20.9 Å². The third-order valence-corrected chi connectivity index (χ3v) is 5.63. The fourth-order valence-electron chi connectivity index (χ4n) is 3.11. The Hall–Kier alpha value is -3.36. The average molecular weight is 473 g/mol. The van der Waals surface area contributed by atoms with E-state index in [4.69, 9.17) is 16.3 Å². The summed E-state index contributed by atoms with van der Waals surface area (Å²) in [7, 11) is 0. The van der Waals surface area contributed by atoms with E-state index >= 15 is 0 Å². The Kier molecular flexibility index (Phi) is 6.16. The fourth-order valence-corrected chi connectivity index (χ4v) is 4.09. The highest BCUT2D eigenvalue weighted by Crippen LogP contribution is 2.27. The minimum absolute atomic E-state index is 0.0188. The first kappa shape index (κ1) is 21.9. The number of halogens is 3. The number of anilines is 1. The molecule has 9 heteroatoms. The van der Waals surface area contributed by atoms with Gasteiger partial charge in [-0.15, -0.1) is 11.3 Å². The lowest BCUT2D eigenvalue weighted by Crippen LogP contribution is -2.21. The summed E-state index contributed by atoms with van der Waals surface area (Å²) in [5.41, 5.74) is 1.11. The van der Waals surface area contributed by atoms with Crippen LogP contribution in [0, 0.1) is 18.6 Å². The van der Waals surface area contributed by atoms with Crippen molar-refractivity contribution in [3.8, 4) is 5.75 Å². The molecule has 0 aliphatic heterocycles. The minimum atomic E-state index is -0.885. The molecule has 4 rings (SSSR count). The summed E-state index contributed by atoms with van der Waals surface area (Å²) < 4.78 is 33.6. The number of hydrogen-bond acceptors (Lipinski definition) is 5. The number of amides is 1. The van der Waals surface area contributed by atoms with Crippen LogP contribution in [-0.2, 0) is 4.79 Å². The van der Waals surface area contributed by atoms with Crippen molar-refractivity contribution in [3.05, 3.63) is 87.4 Å². The number of ketones is 1. The van der Waals surface area contributed by atoms with Crippen LogP contribution in [0.25, 0.3) is 10.2 Å². The van der Waals surface area contributed by atoms with E-state index < -0.39 is 29.9 Å². The van der Waals surface area contributed by atoms with Gasteiger partial charge in [0.15, 0.2) is 12.4 Å². The van der Waals surface area contributed by atoms with Crippen LogP contribution in [0.2, 0.25) is 5.02 Å². The van der Waals surface area contributed by atoms with Crippen LogP contribution in [0.3, 0.4) is 0 Å². The largest absolute Gasteiger partial charge is 0.483 e. The van der Waals surface area contributed by atoms with Gasteiger partial charge in [0.05, 0.1) is 20.8 Å². The van der Waals surface area contributed by atoms with Crippen LogP contribution in [0.5, 0.6) is 5.75 Å². The monoisotopic (exact) mass is 472 g/mol. The Balaban J connectivity index is 1.50. The lowest BCUT2D eigenvalue weighted by Gasteiger charge is -2.12. The molecule has 0 atom stereocenters. The third kappa shape index (κ3) is 4.92. The number of fused-ring (bicyclic) bond motifs is 1. The number of rotatable bonds is 6. The molecule has 0 spiro atoms. The van der Waals surface area contributed by atoms with Crippen molar-refractivity contribution in [3.63, 3.8) is 0 Å². The number of benzene rings is 3. The molecule has 0 fully saturated rings. The van der Waals surface area contributed by atoms with E-state index in [0.29, 0.717) is 11.8 Å². The molecule has 1 heterocycles. The maximum atomic E-state index is 13.5. The standard InChI is InChI=1S/C23H15ClF2N2O3S/c1-12-27-19-10-17(3-5-21(19)32-12)28-22(29)11-31-20-4-2-14(24)8-18(20)23(30)13-6-15(25)9-16(26)7-13/h2-10H,11H2,1H3,(H,28,29). The van der Waals surface area contributed by atoms with Crippen molar-refractivity contribution in [1.29, 1.82) is 0 Å². The second-order valence-electron chi connectivity index (χ2n) is 6.88. The van der Waals surface area contributed by atoms with Gasteiger partial charge in [-0.05, 0) is 55.5 Å². The molecule has 0 bridgehead atoms. The highest BCUT2D eigenvalue weighted by molar-refractivity contribution is 7.18. The van der Waals surface area contributed by atoms with Crippen molar-refractivity contribution in [2.75, 3.05) is 11.9 Å². The van der Waals surface area contributed by atoms with Crippen LogP contribution < -0.4 is 10.1 Å². The Bertz CT molecular complexity index is 1340. The smallest absolute Gasteiger partial charge is 0.262 e. The third-order valence-electron chi connectivity index (χ3n) is 4.45. The fraction of sp³-hybridized carbons (Fsp3) is 0.0870. The minimum Gasteiger partial charge on any atom is -0.483 e. The quantitative estimate of drug-likeness (QED) is 0.361. The van der Waals surface area contributed by atoms with Gasteiger partial charge in [-0.25, -0.2) is 13.8 Å². The van der Waals surface area contributed by atoms with Crippen LogP contribution in [0.4, 0.5) is 14.5 Å². The van der Waals surface area contributed by atoms with Crippen molar-refractivity contribution in [2.24, 2.45) is 0 Å². The molecule has 32 heavy (non-hydrogen) atoms. The molecule has 3 aromatic carbocycles. The topological polar surface area (TPSA) is 68.3 Å². The van der Waals surface area contributed by atoms with Crippen molar-refractivity contribution in [1.82, 2.24) is 4.98 Å². The first-order chi connectivity index (χ1) is 15.3. The van der Waals surface area contributed by atoms with E-state index in [2.05, 4.69) is 10.3 Å². The van der Waals surface area contributed by atoms with E-state index in [1.54, 1.807) is 23.5 Å². The molecule has 0 aliphatic rings. The maximum Gasteiger partial charge on any atom is 0.262 e. The number of aryl methyl sites for hydroxylation is 1. The molecule has 0 radical (unpaired) electrons. The molecule has 0 saturated carbocycles. The molecular weight excluding hydrogens is 458 g/mol. The Morgan fingerprint density at radius 1 is 1.06 bits per heavy atom. The Morgan fingerprint density at radius 2 is 1.81 bits per heavy atom. The summed E-state index contributed by atoms with van der Waals surface area (Å²) in [5, 5.41) is 3.86.